The molecule has 0 fully saturated rings. The van der Waals surface area contributed by atoms with Crippen LogP contribution in [0.15, 0.2) is 53.4 Å². The predicted molar refractivity (Wildman–Crippen MR) is 78.5 cm³/mol. The Bertz CT molecular complexity index is 687. The molecule has 0 saturated carbocycles. The number of hydrogen-bond acceptors (Lipinski definition) is 3. The van der Waals surface area contributed by atoms with Crippen LogP contribution in [-0.2, 0) is 16.6 Å². The summed E-state index contributed by atoms with van der Waals surface area (Å²) in [4.78, 5) is 0.110. The Kier molecular flexibility index (Phi) is 4.65. The molecule has 2 aromatic rings. The molecule has 4 nitrogen and oxygen atoms in total. The normalized spacial score (nSPS) is 11.3. The predicted octanol–water partition coefficient (Wildman–Crippen LogP) is 2.83. The minimum absolute atomic E-state index is 0.110. The molecular weight excluding hydrogens is 298 g/mol. The van der Waals surface area contributed by atoms with E-state index in [2.05, 4.69) is 4.72 Å². The van der Waals surface area contributed by atoms with E-state index in [9.17, 15) is 8.42 Å². The fourth-order valence-corrected chi connectivity index (χ4v) is 3.04. The zero-order valence-corrected chi connectivity index (χ0v) is 12.4. The molecule has 0 aromatic heterocycles. The maximum Gasteiger partial charge on any atom is 0.240 e. The van der Waals surface area contributed by atoms with E-state index < -0.39 is 10.0 Å². The molecule has 0 atom stereocenters. The van der Waals surface area contributed by atoms with Gasteiger partial charge in [0.2, 0.25) is 10.0 Å². The third-order valence-electron chi connectivity index (χ3n) is 2.74. The minimum Gasteiger partial charge on any atom is -0.495 e. The first kappa shape index (κ1) is 14.8. The summed E-state index contributed by atoms with van der Waals surface area (Å²) in [5.74, 6) is 0.439. The van der Waals surface area contributed by atoms with Gasteiger partial charge >= 0.3 is 0 Å². The summed E-state index contributed by atoms with van der Waals surface area (Å²) in [5, 5.41) is 0.259. The van der Waals surface area contributed by atoms with Crippen LogP contribution in [0.2, 0.25) is 5.02 Å². The van der Waals surface area contributed by atoms with Crippen LogP contribution in [0.5, 0.6) is 5.75 Å². The van der Waals surface area contributed by atoms with E-state index >= 15 is 0 Å². The molecule has 0 aliphatic heterocycles. The Morgan fingerprint density at radius 1 is 1.15 bits per heavy atom. The summed E-state index contributed by atoms with van der Waals surface area (Å²) < 4.78 is 31.8. The van der Waals surface area contributed by atoms with E-state index in [0.717, 1.165) is 5.56 Å². The number of hydrogen-bond donors (Lipinski definition) is 1. The van der Waals surface area contributed by atoms with Crippen LogP contribution in [0.4, 0.5) is 0 Å². The molecule has 0 aliphatic rings. The average molecular weight is 312 g/mol. The lowest BCUT2D eigenvalue weighted by atomic mass is 10.2. The van der Waals surface area contributed by atoms with Crippen molar-refractivity contribution >= 4 is 21.6 Å². The van der Waals surface area contributed by atoms with Crippen molar-refractivity contribution < 1.29 is 13.2 Å². The largest absolute Gasteiger partial charge is 0.495 e. The Balaban J connectivity index is 2.16. The number of benzene rings is 2. The van der Waals surface area contributed by atoms with Crippen molar-refractivity contribution in [2.45, 2.75) is 11.4 Å². The smallest absolute Gasteiger partial charge is 0.240 e. The summed E-state index contributed by atoms with van der Waals surface area (Å²) in [6, 6.07) is 13.6. The molecule has 2 aromatic carbocycles. The second kappa shape index (κ2) is 6.26. The first-order valence-electron chi connectivity index (χ1n) is 5.90. The van der Waals surface area contributed by atoms with E-state index in [1.165, 1.54) is 25.3 Å². The highest BCUT2D eigenvalue weighted by atomic mass is 35.5. The van der Waals surface area contributed by atoms with Gasteiger partial charge in [0, 0.05) is 6.54 Å². The summed E-state index contributed by atoms with van der Waals surface area (Å²) in [6.07, 6.45) is 0. The van der Waals surface area contributed by atoms with Crippen molar-refractivity contribution in [3.05, 3.63) is 59.1 Å². The van der Waals surface area contributed by atoms with E-state index in [1.54, 1.807) is 0 Å². The standard InChI is InChI=1S/C14H14ClNO3S/c1-19-14-8-7-12(9-13(14)15)20(17,18)16-10-11-5-3-2-4-6-11/h2-9,16H,10H2,1H3. The topological polar surface area (TPSA) is 55.4 Å². The Morgan fingerprint density at radius 2 is 1.85 bits per heavy atom. The molecule has 0 amide bonds. The molecule has 0 saturated heterocycles. The number of halogens is 1. The molecule has 0 heterocycles. The molecule has 0 radical (unpaired) electrons. The molecule has 6 heteroatoms. The molecule has 0 unspecified atom stereocenters. The van der Waals surface area contributed by atoms with E-state index in [0.29, 0.717) is 5.75 Å². The van der Waals surface area contributed by atoms with Crippen LogP contribution in [-0.4, -0.2) is 15.5 Å². The maximum absolute atomic E-state index is 12.1. The van der Waals surface area contributed by atoms with Crippen molar-refractivity contribution in [3.8, 4) is 5.75 Å². The molecular formula is C14H14ClNO3S. The highest BCUT2D eigenvalue weighted by Crippen LogP contribution is 2.26. The number of ether oxygens (including phenoxy) is 1. The monoisotopic (exact) mass is 311 g/mol. The Hall–Kier alpha value is -1.56. The zero-order valence-electron chi connectivity index (χ0n) is 10.8. The summed E-state index contributed by atoms with van der Waals surface area (Å²) in [6.45, 7) is 0.229. The van der Waals surface area contributed by atoms with Gasteiger partial charge in [0.05, 0.1) is 17.0 Å². The van der Waals surface area contributed by atoms with Crippen LogP contribution in [0.3, 0.4) is 0 Å². The van der Waals surface area contributed by atoms with Crippen molar-refractivity contribution in [3.63, 3.8) is 0 Å². The molecule has 2 rings (SSSR count). The highest BCUT2D eigenvalue weighted by Gasteiger charge is 2.15. The number of nitrogens with one attached hydrogen (secondary N) is 1. The van der Waals surface area contributed by atoms with Crippen molar-refractivity contribution in [1.29, 1.82) is 0 Å². The van der Waals surface area contributed by atoms with Crippen LogP contribution in [0.25, 0.3) is 0 Å². The summed E-state index contributed by atoms with van der Waals surface area (Å²) in [7, 11) is -2.12. The Morgan fingerprint density at radius 3 is 2.45 bits per heavy atom. The third-order valence-corrected chi connectivity index (χ3v) is 4.44. The highest BCUT2D eigenvalue weighted by molar-refractivity contribution is 7.89. The first-order valence-corrected chi connectivity index (χ1v) is 7.76. The lowest BCUT2D eigenvalue weighted by Gasteiger charge is -2.09. The van der Waals surface area contributed by atoms with Gasteiger partial charge in [0.25, 0.3) is 0 Å². The van der Waals surface area contributed by atoms with Gasteiger partial charge in [-0.25, -0.2) is 13.1 Å². The van der Waals surface area contributed by atoms with Gasteiger partial charge in [0.15, 0.2) is 0 Å². The number of rotatable bonds is 5. The zero-order chi connectivity index (χ0) is 14.6. The molecule has 0 bridgehead atoms. The summed E-state index contributed by atoms with van der Waals surface area (Å²) in [5.41, 5.74) is 0.885. The first-order chi connectivity index (χ1) is 9.53. The van der Waals surface area contributed by atoms with E-state index in [-0.39, 0.29) is 16.5 Å². The van der Waals surface area contributed by atoms with Gasteiger partial charge in [-0.1, -0.05) is 41.9 Å². The van der Waals surface area contributed by atoms with Crippen LogP contribution >= 0.6 is 11.6 Å². The average Bonchev–Trinajstić information content (AvgIpc) is 2.46. The van der Waals surface area contributed by atoms with E-state index in [4.69, 9.17) is 16.3 Å². The van der Waals surface area contributed by atoms with Gasteiger partial charge in [-0.2, -0.15) is 0 Å². The fraction of sp³-hybridized carbons (Fsp3) is 0.143. The number of sulfonamides is 1. The van der Waals surface area contributed by atoms with Gasteiger partial charge < -0.3 is 4.74 Å². The SMILES string of the molecule is COc1ccc(S(=O)(=O)NCc2ccccc2)cc1Cl. The second-order valence-electron chi connectivity index (χ2n) is 4.11. The summed E-state index contributed by atoms with van der Waals surface area (Å²) >= 11 is 5.94. The van der Waals surface area contributed by atoms with Gasteiger partial charge in [0.1, 0.15) is 5.75 Å². The molecule has 0 spiro atoms. The van der Waals surface area contributed by atoms with Crippen LogP contribution in [0.1, 0.15) is 5.56 Å². The van der Waals surface area contributed by atoms with Gasteiger partial charge in [-0.3, -0.25) is 0 Å². The van der Waals surface area contributed by atoms with Gasteiger partial charge in [-0.15, -0.1) is 0 Å². The fourth-order valence-electron chi connectivity index (χ4n) is 1.67. The molecule has 1 N–H and O–H groups in total. The van der Waals surface area contributed by atoms with Crippen LogP contribution in [0, 0.1) is 0 Å². The van der Waals surface area contributed by atoms with Crippen molar-refractivity contribution in [2.75, 3.05) is 7.11 Å². The molecule has 106 valence electrons. The Labute approximate surface area is 123 Å². The van der Waals surface area contributed by atoms with Gasteiger partial charge in [-0.05, 0) is 23.8 Å². The van der Waals surface area contributed by atoms with E-state index in [1.807, 2.05) is 30.3 Å². The van der Waals surface area contributed by atoms with Crippen molar-refractivity contribution in [2.24, 2.45) is 0 Å². The third kappa shape index (κ3) is 3.50. The lowest BCUT2D eigenvalue weighted by Crippen LogP contribution is -2.23. The number of methoxy groups -OCH3 is 1. The minimum atomic E-state index is -3.60. The van der Waals surface area contributed by atoms with Crippen molar-refractivity contribution in [1.82, 2.24) is 4.72 Å². The maximum atomic E-state index is 12.1. The molecule has 20 heavy (non-hydrogen) atoms. The lowest BCUT2D eigenvalue weighted by molar-refractivity contribution is 0.414. The second-order valence-corrected chi connectivity index (χ2v) is 6.28. The molecule has 0 aliphatic carbocycles. The quantitative estimate of drug-likeness (QED) is 0.924. The van der Waals surface area contributed by atoms with Crippen LogP contribution < -0.4 is 9.46 Å².